The Bertz CT molecular complexity index is 757. The second-order valence-corrected chi connectivity index (χ2v) is 12.0. The van der Waals surface area contributed by atoms with Crippen LogP contribution in [0.15, 0.2) is 18.2 Å². The van der Waals surface area contributed by atoms with Crippen LogP contribution in [-0.4, -0.2) is 22.2 Å². The van der Waals surface area contributed by atoms with Gasteiger partial charge in [-0.2, -0.15) is 0 Å². The first-order valence-corrected chi connectivity index (χ1v) is 17.1. The lowest BCUT2D eigenvalue weighted by atomic mass is 9.90. The molecule has 0 radical (unpaired) electrons. The average Bonchev–Trinajstić information content (AvgIpc) is 2.93. The van der Waals surface area contributed by atoms with Crippen molar-refractivity contribution in [3.63, 3.8) is 0 Å². The van der Waals surface area contributed by atoms with Gasteiger partial charge in [-0.1, -0.05) is 134 Å². The van der Waals surface area contributed by atoms with Gasteiger partial charge in [0.1, 0.15) is 0 Å². The number of hydrogen-bond acceptors (Lipinski definition) is 2. The van der Waals surface area contributed by atoms with Gasteiger partial charge in [0.05, 0.1) is 0 Å². The summed E-state index contributed by atoms with van der Waals surface area (Å²) in [6.07, 6.45) is 31.2. The zero-order valence-corrected chi connectivity index (χ0v) is 26.0. The molecular weight excluding hydrogens is 496 g/mol. The van der Waals surface area contributed by atoms with E-state index in [0.717, 1.165) is 38.5 Å². The molecule has 0 aliphatic rings. The van der Waals surface area contributed by atoms with E-state index in [-0.39, 0.29) is 0 Å². The van der Waals surface area contributed by atoms with Crippen LogP contribution in [0.2, 0.25) is 0 Å². The second-order valence-electron chi connectivity index (χ2n) is 12.0. The molecule has 0 aliphatic carbocycles. The normalized spacial score (nSPS) is 11.2. The van der Waals surface area contributed by atoms with Crippen LogP contribution >= 0.6 is 0 Å². The molecule has 230 valence electrons. The zero-order valence-electron chi connectivity index (χ0n) is 26.0. The Kier molecular flexibility index (Phi) is 23.6. The summed E-state index contributed by atoms with van der Waals surface area (Å²) in [5.41, 5.74) is 4.81. The van der Waals surface area contributed by atoms with Crippen molar-refractivity contribution in [1.29, 1.82) is 0 Å². The minimum absolute atomic E-state index is 0.310. The molecule has 4 nitrogen and oxygen atoms in total. The molecule has 0 spiro atoms. The van der Waals surface area contributed by atoms with Gasteiger partial charge >= 0.3 is 11.9 Å². The number of benzene rings is 1. The maximum Gasteiger partial charge on any atom is 0.303 e. The van der Waals surface area contributed by atoms with Gasteiger partial charge in [0, 0.05) is 12.8 Å². The standard InChI is InChI=1S/C36H62O4/c1-2-3-4-5-6-9-14-19-25-32-27-24-28-33(26-20-15-10-7-12-17-22-30-35(37)38)34(32)29-21-16-11-8-13-18-23-31-36(39)40/h24,27-28H,2-23,25-26,29-31H2,1H3,(H,37,38)(H,39,40). The van der Waals surface area contributed by atoms with Crippen molar-refractivity contribution in [1.82, 2.24) is 0 Å². The molecule has 0 saturated heterocycles. The van der Waals surface area contributed by atoms with E-state index in [1.807, 2.05) is 0 Å². The summed E-state index contributed by atoms with van der Waals surface area (Å²) in [6.45, 7) is 2.28. The first-order chi connectivity index (χ1) is 19.5. The molecule has 0 aromatic heterocycles. The number of carboxylic acids is 2. The monoisotopic (exact) mass is 558 g/mol. The molecule has 40 heavy (non-hydrogen) atoms. The molecule has 1 aromatic rings. The fourth-order valence-corrected chi connectivity index (χ4v) is 5.86. The summed E-state index contributed by atoms with van der Waals surface area (Å²) < 4.78 is 0. The van der Waals surface area contributed by atoms with Crippen LogP contribution in [0.25, 0.3) is 0 Å². The van der Waals surface area contributed by atoms with Crippen LogP contribution < -0.4 is 0 Å². The maximum absolute atomic E-state index is 10.7. The van der Waals surface area contributed by atoms with E-state index in [2.05, 4.69) is 25.1 Å². The van der Waals surface area contributed by atoms with Gasteiger partial charge in [-0.3, -0.25) is 9.59 Å². The van der Waals surface area contributed by atoms with Crippen LogP contribution in [0, 0.1) is 0 Å². The first-order valence-electron chi connectivity index (χ1n) is 17.1. The molecule has 0 bridgehead atoms. The van der Waals surface area contributed by atoms with Crippen molar-refractivity contribution in [2.75, 3.05) is 0 Å². The number of aliphatic carboxylic acids is 2. The van der Waals surface area contributed by atoms with E-state index < -0.39 is 11.9 Å². The van der Waals surface area contributed by atoms with Gasteiger partial charge in [-0.15, -0.1) is 0 Å². The van der Waals surface area contributed by atoms with Crippen LogP contribution in [0.3, 0.4) is 0 Å². The van der Waals surface area contributed by atoms with Crippen LogP contribution in [-0.2, 0) is 28.9 Å². The number of carbonyl (C=O) groups is 2. The number of aryl methyl sites for hydroxylation is 2. The summed E-state index contributed by atoms with van der Waals surface area (Å²) in [5, 5.41) is 17.5. The van der Waals surface area contributed by atoms with Crippen LogP contribution in [0.4, 0.5) is 0 Å². The predicted molar refractivity (Wildman–Crippen MR) is 169 cm³/mol. The quantitative estimate of drug-likeness (QED) is 0.0959. The maximum atomic E-state index is 10.7. The second kappa shape index (κ2) is 26.1. The Hall–Kier alpha value is -1.84. The highest BCUT2D eigenvalue weighted by Crippen LogP contribution is 2.24. The third-order valence-corrected chi connectivity index (χ3v) is 8.32. The van der Waals surface area contributed by atoms with Gasteiger partial charge in [0.2, 0.25) is 0 Å². The Labute approximate surface area is 246 Å². The van der Waals surface area contributed by atoms with E-state index >= 15 is 0 Å². The molecule has 1 rings (SSSR count). The van der Waals surface area contributed by atoms with Crippen molar-refractivity contribution in [2.45, 2.75) is 180 Å². The molecule has 0 fully saturated rings. The number of carboxylic acid groups (broad SMARTS) is 2. The predicted octanol–water partition coefficient (Wildman–Crippen LogP) is 10.9. The molecule has 0 amide bonds. The molecular formula is C36H62O4. The van der Waals surface area contributed by atoms with E-state index in [1.165, 1.54) is 122 Å². The highest BCUT2D eigenvalue weighted by molar-refractivity contribution is 5.66. The van der Waals surface area contributed by atoms with Gasteiger partial charge in [0.15, 0.2) is 0 Å². The summed E-state index contributed by atoms with van der Waals surface area (Å²) in [7, 11) is 0. The van der Waals surface area contributed by atoms with Crippen molar-refractivity contribution in [3.05, 3.63) is 34.9 Å². The molecule has 4 heteroatoms. The fourth-order valence-electron chi connectivity index (χ4n) is 5.86. The summed E-state index contributed by atoms with van der Waals surface area (Å²) in [5.74, 6) is -1.34. The Morgan fingerprint density at radius 1 is 0.475 bits per heavy atom. The third-order valence-electron chi connectivity index (χ3n) is 8.32. The summed E-state index contributed by atoms with van der Waals surface area (Å²) in [6, 6.07) is 7.05. The van der Waals surface area contributed by atoms with E-state index in [4.69, 9.17) is 10.2 Å². The molecule has 2 N–H and O–H groups in total. The van der Waals surface area contributed by atoms with E-state index in [1.54, 1.807) is 16.7 Å². The Morgan fingerprint density at radius 2 is 0.800 bits per heavy atom. The van der Waals surface area contributed by atoms with Gasteiger partial charge in [0.25, 0.3) is 0 Å². The largest absolute Gasteiger partial charge is 0.481 e. The lowest BCUT2D eigenvalue weighted by molar-refractivity contribution is -0.138. The topological polar surface area (TPSA) is 74.6 Å². The van der Waals surface area contributed by atoms with Gasteiger partial charge in [-0.05, 0) is 68.1 Å². The van der Waals surface area contributed by atoms with Crippen molar-refractivity contribution >= 4 is 11.9 Å². The van der Waals surface area contributed by atoms with Crippen LogP contribution in [0.1, 0.15) is 178 Å². The smallest absolute Gasteiger partial charge is 0.303 e. The molecule has 0 atom stereocenters. The number of unbranched alkanes of at least 4 members (excludes halogenated alkanes) is 19. The molecule has 0 heterocycles. The highest BCUT2D eigenvalue weighted by atomic mass is 16.4. The molecule has 1 aromatic carbocycles. The third kappa shape index (κ3) is 21.0. The van der Waals surface area contributed by atoms with Gasteiger partial charge in [-0.25, -0.2) is 0 Å². The summed E-state index contributed by atoms with van der Waals surface area (Å²) in [4.78, 5) is 21.3. The lowest BCUT2D eigenvalue weighted by Gasteiger charge is -2.16. The van der Waals surface area contributed by atoms with Gasteiger partial charge < -0.3 is 10.2 Å². The first kappa shape index (κ1) is 36.2. The molecule has 0 aliphatic heterocycles. The number of rotatable bonds is 29. The molecule has 0 saturated carbocycles. The minimum Gasteiger partial charge on any atom is -0.481 e. The van der Waals surface area contributed by atoms with Crippen molar-refractivity contribution < 1.29 is 19.8 Å². The Morgan fingerprint density at radius 3 is 1.18 bits per heavy atom. The lowest BCUT2D eigenvalue weighted by Crippen LogP contribution is -2.02. The fraction of sp³-hybridized carbons (Fsp3) is 0.778. The minimum atomic E-state index is -0.673. The average molecular weight is 559 g/mol. The van der Waals surface area contributed by atoms with E-state index in [0.29, 0.717) is 12.8 Å². The SMILES string of the molecule is CCCCCCCCCCc1cccc(CCCCCCCCCC(=O)O)c1CCCCCCCCCC(=O)O. The van der Waals surface area contributed by atoms with Crippen molar-refractivity contribution in [3.8, 4) is 0 Å². The summed E-state index contributed by atoms with van der Waals surface area (Å²) >= 11 is 0. The highest BCUT2D eigenvalue weighted by Gasteiger charge is 2.09. The van der Waals surface area contributed by atoms with Crippen LogP contribution in [0.5, 0.6) is 0 Å². The number of hydrogen-bond donors (Lipinski definition) is 2. The zero-order chi connectivity index (χ0) is 29.1. The van der Waals surface area contributed by atoms with E-state index in [9.17, 15) is 9.59 Å². The Balaban J connectivity index is 2.45. The molecule has 0 unspecified atom stereocenters. The van der Waals surface area contributed by atoms with Crippen molar-refractivity contribution in [2.24, 2.45) is 0 Å².